The fraction of sp³-hybridized carbons (Fsp3) is 0.0769. The molecule has 0 saturated carbocycles. The Hall–Kier alpha value is -2.41. The van der Waals surface area contributed by atoms with E-state index in [0.29, 0.717) is 18.1 Å². The minimum Gasteiger partial charge on any atom is -0.489 e. The summed E-state index contributed by atoms with van der Waals surface area (Å²) in [6.07, 6.45) is 1.56. The number of nitriles is 1. The fourth-order valence-electron chi connectivity index (χ4n) is 1.32. The van der Waals surface area contributed by atoms with Gasteiger partial charge >= 0.3 is 0 Å². The zero-order chi connectivity index (χ0) is 12.1. The van der Waals surface area contributed by atoms with Gasteiger partial charge in [0.1, 0.15) is 29.9 Å². The Morgan fingerprint density at radius 2 is 2.00 bits per heavy atom. The fourth-order valence-corrected chi connectivity index (χ4v) is 1.32. The summed E-state index contributed by atoms with van der Waals surface area (Å²) < 4.78 is 18.1. The molecule has 2 aromatic rings. The van der Waals surface area contributed by atoms with Gasteiger partial charge in [0.05, 0.1) is 0 Å². The van der Waals surface area contributed by atoms with Gasteiger partial charge in [0.15, 0.2) is 0 Å². The standard InChI is InChI=1S/C13H9FN2O/c14-11-1-3-13(4-2-11)17-9-10-5-6-16-12(7-10)8-15/h1-7H,9H2. The van der Waals surface area contributed by atoms with Gasteiger partial charge in [-0.3, -0.25) is 0 Å². The molecule has 1 aromatic carbocycles. The second kappa shape index (κ2) is 5.08. The van der Waals surface area contributed by atoms with Gasteiger partial charge in [0.25, 0.3) is 0 Å². The van der Waals surface area contributed by atoms with Gasteiger partial charge in [-0.15, -0.1) is 0 Å². The van der Waals surface area contributed by atoms with Crippen LogP contribution >= 0.6 is 0 Å². The highest BCUT2D eigenvalue weighted by molar-refractivity contribution is 5.26. The zero-order valence-electron chi connectivity index (χ0n) is 8.93. The Bertz CT molecular complexity index is 546. The minimum atomic E-state index is -0.298. The summed E-state index contributed by atoms with van der Waals surface area (Å²) in [5.74, 6) is 0.287. The summed E-state index contributed by atoms with van der Waals surface area (Å²) in [7, 11) is 0. The van der Waals surface area contributed by atoms with Crippen molar-refractivity contribution in [3.8, 4) is 11.8 Å². The van der Waals surface area contributed by atoms with Gasteiger partial charge in [-0.2, -0.15) is 5.26 Å². The van der Waals surface area contributed by atoms with Crippen LogP contribution in [0.2, 0.25) is 0 Å². The second-order valence-corrected chi connectivity index (χ2v) is 3.40. The summed E-state index contributed by atoms with van der Waals surface area (Å²) in [5, 5.41) is 8.68. The number of halogens is 1. The first-order chi connectivity index (χ1) is 8.28. The first kappa shape index (κ1) is 11.1. The van der Waals surface area contributed by atoms with Gasteiger partial charge in [-0.05, 0) is 42.0 Å². The third-order valence-corrected chi connectivity index (χ3v) is 2.16. The van der Waals surface area contributed by atoms with Crippen molar-refractivity contribution in [2.45, 2.75) is 6.61 Å². The molecular weight excluding hydrogens is 219 g/mol. The lowest BCUT2D eigenvalue weighted by Gasteiger charge is -2.05. The molecular formula is C13H9FN2O. The largest absolute Gasteiger partial charge is 0.489 e. The molecule has 0 saturated heterocycles. The highest BCUT2D eigenvalue weighted by Crippen LogP contribution is 2.13. The number of rotatable bonds is 3. The molecule has 1 heterocycles. The quantitative estimate of drug-likeness (QED) is 0.811. The maximum atomic E-state index is 12.6. The van der Waals surface area contributed by atoms with E-state index < -0.39 is 0 Å². The average molecular weight is 228 g/mol. The smallest absolute Gasteiger partial charge is 0.140 e. The summed E-state index contributed by atoms with van der Waals surface area (Å²) in [5.41, 5.74) is 1.20. The molecule has 0 aliphatic heterocycles. The highest BCUT2D eigenvalue weighted by Gasteiger charge is 1.98. The number of pyridine rings is 1. The SMILES string of the molecule is N#Cc1cc(COc2ccc(F)cc2)ccn1. The molecule has 0 amide bonds. The number of hydrogen-bond donors (Lipinski definition) is 0. The van der Waals surface area contributed by atoms with Crippen molar-refractivity contribution < 1.29 is 9.13 Å². The third kappa shape index (κ3) is 3.02. The van der Waals surface area contributed by atoms with Crippen LogP contribution in [-0.4, -0.2) is 4.98 Å². The zero-order valence-corrected chi connectivity index (χ0v) is 8.93. The van der Waals surface area contributed by atoms with Gasteiger partial charge in [0, 0.05) is 6.20 Å². The molecule has 84 valence electrons. The second-order valence-electron chi connectivity index (χ2n) is 3.40. The highest BCUT2D eigenvalue weighted by atomic mass is 19.1. The van der Waals surface area contributed by atoms with E-state index in [1.54, 1.807) is 30.5 Å². The molecule has 0 N–H and O–H groups in total. The van der Waals surface area contributed by atoms with E-state index in [9.17, 15) is 4.39 Å². The lowest BCUT2D eigenvalue weighted by molar-refractivity contribution is 0.305. The van der Waals surface area contributed by atoms with E-state index in [1.807, 2.05) is 6.07 Å². The minimum absolute atomic E-state index is 0.298. The summed E-state index contributed by atoms with van der Waals surface area (Å²) in [6, 6.07) is 11.2. The van der Waals surface area contributed by atoms with E-state index in [-0.39, 0.29) is 5.82 Å². The average Bonchev–Trinajstić information content (AvgIpc) is 2.38. The van der Waals surface area contributed by atoms with Crippen molar-refractivity contribution in [1.82, 2.24) is 4.98 Å². The van der Waals surface area contributed by atoms with Crippen molar-refractivity contribution in [3.05, 3.63) is 59.7 Å². The maximum Gasteiger partial charge on any atom is 0.140 e. The van der Waals surface area contributed by atoms with E-state index in [2.05, 4.69) is 4.98 Å². The number of benzene rings is 1. The van der Waals surface area contributed by atoms with Crippen LogP contribution < -0.4 is 4.74 Å². The predicted octanol–water partition coefficient (Wildman–Crippen LogP) is 2.67. The van der Waals surface area contributed by atoms with Gasteiger partial charge in [-0.25, -0.2) is 9.37 Å². The van der Waals surface area contributed by atoms with E-state index in [1.165, 1.54) is 12.1 Å². The third-order valence-electron chi connectivity index (χ3n) is 2.16. The normalized spacial score (nSPS) is 9.65. The number of hydrogen-bond acceptors (Lipinski definition) is 3. The van der Waals surface area contributed by atoms with Crippen LogP contribution in [0.4, 0.5) is 4.39 Å². The lowest BCUT2D eigenvalue weighted by Crippen LogP contribution is -1.96. The monoisotopic (exact) mass is 228 g/mol. The predicted molar refractivity (Wildman–Crippen MR) is 59.7 cm³/mol. The molecule has 2 rings (SSSR count). The molecule has 17 heavy (non-hydrogen) atoms. The van der Waals surface area contributed by atoms with Crippen LogP contribution in [0.25, 0.3) is 0 Å². The molecule has 3 nitrogen and oxygen atoms in total. The van der Waals surface area contributed by atoms with Gasteiger partial charge < -0.3 is 4.74 Å². The molecule has 0 atom stereocenters. The van der Waals surface area contributed by atoms with Gasteiger partial charge in [0.2, 0.25) is 0 Å². The molecule has 1 aromatic heterocycles. The van der Waals surface area contributed by atoms with Crippen LogP contribution in [0.5, 0.6) is 5.75 Å². The Balaban J connectivity index is 2.02. The first-order valence-corrected chi connectivity index (χ1v) is 5.01. The molecule has 0 aliphatic carbocycles. The van der Waals surface area contributed by atoms with Crippen LogP contribution in [0, 0.1) is 17.1 Å². The van der Waals surface area contributed by atoms with Crippen LogP contribution in [0.15, 0.2) is 42.6 Å². The lowest BCUT2D eigenvalue weighted by atomic mass is 10.2. The van der Waals surface area contributed by atoms with Gasteiger partial charge in [-0.1, -0.05) is 0 Å². The maximum absolute atomic E-state index is 12.6. The van der Waals surface area contributed by atoms with E-state index >= 15 is 0 Å². The molecule has 0 spiro atoms. The van der Waals surface area contributed by atoms with Crippen molar-refractivity contribution in [2.24, 2.45) is 0 Å². The van der Waals surface area contributed by atoms with Crippen molar-refractivity contribution >= 4 is 0 Å². The number of ether oxygens (including phenoxy) is 1. The summed E-state index contributed by atoms with van der Waals surface area (Å²) >= 11 is 0. The molecule has 0 bridgehead atoms. The topological polar surface area (TPSA) is 45.9 Å². The first-order valence-electron chi connectivity index (χ1n) is 5.01. The van der Waals surface area contributed by atoms with Crippen molar-refractivity contribution in [3.63, 3.8) is 0 Å². The summed E-state index contributed by atoms with van der Waals surface area (Å²) in [6.45, 7) is 0.322. The van der Waals surface area contributed by atoms with Crippen molar-refractivity contribution in [2.75, 3.05) is 0 Å². The molecule has 0 fully saturated rings. The Morgan fingerprint density at radius 1 is 1.24 bits per heavy atom. The Labute approximate surface area is 98.1 Å². The Morgan fingerprint density at radius 3 is 2.71 bits per heavy atom. The molecule has 0 aliphatic rings. The molecule has 4 heteroatoms. The van der Waals surface area contributed by atoms with E-state index in [0.717, 1.165) is 5.56 Å². The Kier molecular flexibility index (Phi) is 3.31. The number of nitrogens with zero attached hydrogens (tertiary/aromatic N) is 2. The number of aromatic nitrogens is 1. The molecule has 0 radical (unpaired) electrons. The molecule has 0 unspecified atom stereocenters. The van der Waals surface area contributed by atoms with Crippen LogP contribution in [0.3, 0.4) is 0 Å². The van der Waals surface area contributed by atoms with Crippen molar-refractivity contribution in [1.29, 1.82) is 5.26 Å². The van der Waals surface area contributed by atoms with Crippen LogP contribution in [-0.2, 0) is 6.61 Å². The summed E-state index contributed by atoms with van der Waals surface area (Å²) in [4.78, 5) is 3.86. The van der Waals surface area contributed by atoms with E-state index in [4.69, 9.17) is 10.00 Å². The van der Waals surface area contributed by atoms with Crippen LogP contribution in [0.1, 0.15) is 11.3 Å².